The van der Waals surface area contributed by atoms with E-state index in [0.29, 0.717) is 5.92 Å². The molecule has 0 aromatic rings. The van der Waals surface area contributed by atoms with Crippen LogP contribution >= 0.6 is 27.7 Å². The van der Waals surface area contributed by atoms with Gasteiger partial charge in [-0.1, -0.05) is 15.9 Å². The molecule has 0 aromatic carbocycles. The lowest BCUT2D eigenvalue weighted by Gasteiger charge is -2.10. The molecule has 1 saturated heterocycles. The Morgan fingerprint density at radius 1 is 1.83 bits per heavy atom. The van der Waals surface area contributed by atoms with Gasteiger partial charge in [-0.15, -0.1) is 0 Å². The molecule has 70 valence electrons. The minimum absolute atomic E-state index is 0.0634. The second-order valence-electron chi connectivity index (χ2n) is 3.09. The van der Waals surface area contributed by atoms with E-state index in [0.717, 1.165) is 6.54 Å². The molecule has 2 nitrogen and oxygen atoms in total. The van der Waals surface area contributed by atoms with E-state index < -0.39 is 0 Å². The van der Waals surface area contributed by atoms with Crippen LogP contribution in [0.2, 0.25) is 0 Å². The predicted molar refractivity (Wildman–Crippen MR) is 56.8 cm³/mol. The van der Waals surface area contributed by atoms with E-state index >= 15 is 0 Å². The first kappa shape index (κ1) is 10.4. The van der Waals surface area contributed by atoms with Crippen molar-refractivity contribution >= 4 is 33.6 Å². The molecular formula is C8H14BrNOS. The Bertz CT molecular complexity index is 157. The molecule has 1 aliphatic heterocycles. The number of amides is 1. The van der Waals surface area contributed by atoms with E-state index in [1.165, 1.54) is 17.9 Å². The van der Waals surface area contributed by atoms with Crippen molar-refractivity contribution in [1.82, 2.24) is 5.32 Å². The summed E-state index contributed by atoms with van der Waals surface area (Å²) in [7, 11) is 0. The molecule has 0 bridgehead atoms. The molecule has 0 aliphatic carbocycles. The summed E-state index contributed by atoms with van der Waals surface area (Å²) in [4.78, 5) is 11.1. The summed E-state index contributed by atoms with van der Waals surface area (Å²) in [6.45, 7) is 2.69. The van der Waals surface area contributed by atoms with Gasteiger partial charge in [0, 0.05) is 6.54 Å². The van der Waals surface area contributed by atoms with Crippen molar-refractivity contribution in [1.29, 1.82) is 0 Å². The zero-order valence-corrected chi connectivity index (χ0v) is 9.58. The lowest BCUT2D eigenvalue weighted by atomic mass is 10.1. The van der Waals surface area contributed by atoms with Crippen LogP contribution in [0.4, 0.5) is 0 Å². The van der Waals surface area contributed by atoms with Gasteiger partial charge in [0.1, 0.15) is 0 Å². The van der Waals surface area contributed by atoms with Crippen molar-refractivity contribution in [2.75, 3.05) is 18.1 Å². The van der Waals surface area contributed by atoms with Crippen molar-refractivity contribution < 1.29 is 4.79 Å². The third-order valence-electron chi connectivity index (χ3n) is 1.95. The number of hydrogen-bond donors (Lipinski definition) is 1. The Labute approximate surface area is 86.0 Å². The van der Waals surface area contributed by atoms with E-state index in [1.54, 1.807) is 0 Å². The van der Waals surface area contributed by atoms with Gasteiger partial charge in [-0.25, -0.2) is 0 Å². The standard InChI is InChI=1S/C8H14BrNOS/c1-6(9)8(11)10-4-7-2-3-12-5-7/h6-7H,2-5H2,1H3,(H,10,11). The van der Waals surface area contributed by atoms with Gasteiger partial charge in [0.25, 0.3) is 0 Å². The lowest BCUT2D eigenvalue weighted by Crippen LogP contribution is -2.33. The highest BCUT2D eigenvalue weighted by atomic mass is 79.9. The molecule has 1 fully saturated rings. The number of halogens is 1. The zero-order chi connectivity index (χ0) is 8.97. The van der Waals surface area contributed by atoms with Gasteiger partial charge in [-0.2, -0.15) is 11.8 Å². The van der Waals surface area contributed by atoms with Gasteiger partial charge in [0.15, 0.2) is 0 Å². The Hall–Kier alpha value is 0.300. The summed E-state index contributed by atoms with van der Waals surface area (Å²) in [5.41, 5.74) is 0. The number of carbonyl (C=O) groups is 1. The van der Waals surface area contributed by atoms with Crippen LogP contribution in [0.15, 0.2) is 0 Å². The summed E-state index contributed by atoms with van der Waals surface area (Å²) in [6.07, 6.45) is 1.25. The monoisotopic (exact) mass is 251 g/mol. The fraction of sp³-hybridized carbons (Fsp3) is 0.875. The van der Waals surface area contributed by atoms with Gasteiger partial charge < -0.3 is 5.32 Å². The van der Waals surface area contributed by atoms with Crippen LogP contribution in [-0.2, 0) is 4.79 Å². The molecule has 1 N–H and O–H groups in total. The Morgan fingerprint density at radius 2 is 2.58 bits per heavy atom. The molecule has 1 aliphatic rings. The number of rotatable bonds is 3. The van der Waals surface area contributed by atoms with Crippen LogP contribution in [0, 0.1) is 5.92 Å². The van der Waals surface area contributed by atoms with Crippen molar-refractivity contribution in [3.05, 3.63) is 0 Å². The first-order valence-electron chi connectivity index (χ1n) is 4.19. The number of hydrogen-bond acceptors (Lipinski definition) is 2. The lowest BCUT2D eigenvalue weighted by molar-refractivity contribution is -0.120. The van der Waals surface area contributed by atoms with Crippen LogP contribution in [0.1, 0.15) is 13.3 Å². The van der Waals surface area contributed by atoms with E-state index in [4.69, 9.17) is 0 Å². The highest BCUT2D eigenvalue weighted by molar-refractivity contribution is 9.10. The first-order chi connectivity index (χ1) is 5.70. The molecule has 2 atom stereocenters. The second-order valence-corrected chi connectivity index (χ2v) is 5.61. The summed E-state index contributed by atoms with van der Waals surface area (Å²) in [5.74, 6) is 3.26. The molecule has 1 heterocycles. The van der Waals surface area contributed by atoms with Crippen LogP contribution in [0.3, 0.4) is 0 Å². The summed E-state index contributed by atoms with van der Waals surface area (Å²) in [5, 5.41) is 2.92. The van der Waals surface area contributed by atoms with E-state index in [1.807, 2.05) is 18.7 Å². The van der Waals surface area contributed by atoms with Gasteiger partial charge in [0.05, 0.1) is 4.83 Å². The number of thioether (sulfide) groups is 1. The Kier molecular flexibility index (Phi) is 4.43. The topological polar surface area (TPSA) is 29.1 Å². The molecule has 0 saturated carbocycles. The molecule has 2 unspecified atom stereocenters. The van der Waals surface area contributed by atoms with Gasteiger partial charge in [-0.05, 0) is 30.8 Å². The van der Waals surface area contributed by atoms with Crippen LogP contribution in [0.5, 0.6) is 0 Å². The maximum absolute atomic E-state index is 11.1. The van der Waals surface area contributed by atoms with Gasteiger partial charge in [0.2, 0.25) is 5.91 Å². The number of nitrogens with one attached hydrogen (secondary N) is 1. The average molecular weight is 252 g/mol. The van der Waals surface area contributed by atoms with Gasteiger partial charge >= 0.3 is 0 Å². The van der Waals surface area contributed by atoms with Crippen molar-refractivity contribution in [3.63, 3.8) is 0 Å². The molecule has 1 amide bonds. The molecule has 0 aromatic heterocycles. The molecular weight excluding hydrogens is 238 g/mol. The summed E-state index contributed by atoms with van der Waals surface area (Å²) in [6, 6.07) is 0. The number of alkyl halides is 1. The molecule has 1 rings (SSSR count). The maximum atomic E-state index is 11.1. The zero-order valence-electron chi connectivity index (χ0n) is 7.18. The van der Waals surface area contributed by atoms with Gasteiger partial charge in [-0.3, -0.25) is 4.79 Å². The SMILES string of the molecule is CC(Br)C(=O)NCC1CCSC1. The molecule has 0 spiro atoms. The van der Waals surface area contributed by atoms with E-state index in [9.17, 15) is 4.79 Å². The minimum atomic E-state index is -0.0634. The van der Waals surface area contributed by atoms with Crippen LogP contribution in [0.25, 0.3) is 0 Å². The molecule has 12 heavy (non-hydrogen) atoms. The average Bonchev–Trinajstić information content (AvgIpc) is 2.51. The van der Waals surface area contributed by atoms with Crippen molar-refractivity contribution in [3.8, 4) is 0 Å². The van der Waals surface area contributed by atoms with Crippen LogP contribution < -0.4 is 5.32 Å². The highest BCUT2D eigenvalue weighted by Gasteiger charge is 2.17. The fourth-order valence-electron chi connectivity index (χ4n) is 1.13. The highest BCUT2D eigenvalue weighted by Crippen LogP contribution is 2.22. The fourth-order valence-corrected chi connectivity index (χ4v) is 2.58. The summed E-state index contributed by atoms with van der Waals surface area (Å²) < 4.78 is 0. The maximum Gasteiger partial charge on any atom is 0.233 e. The first-order valence-corrected chi connectivity index (χ1v) is 6.26. The normalized spacial score (nSPS) is 25.3. The van der Waals surface area contributed by atoms with Crippen molar-refractivity contribution in [2.45, 2.75) is 18.2 Å². The predicted octanol–water partition coefficient (Wildman–Crippen LogP) is 1.64. The number of carbonyl (C=O) groups excluding carboxylic acids is 1. The summed E-state index contributed by atoms with van der Waals surface area (Å²) >= 11 is 5.21. The Balaban J connectivity index is 2.12. The molecule has 0 radical (unpaired) electrons. The largest absolute Gasteiger partial charge is 0.355 e. The van der Waals surface area contributed by atoms with Crippen LogP contribution in [-0.4, -0.2) is 28.8 Å². The van der Waals surface area contributed by atoms with E-state index in [2.05, 4.69) is 21.2 Å². The second kappa shape index (κ2) is 5.12. The Morgan fingerprint density at radius 3 is 3.08 bits per heavy atom. The minimum Gasteiger partial charge on any atom is -0.355 e. The third kappa shape index (κ3) is 3.35. The quantitative estimate of drug-likeness (QED) is 0.774. The molecule has 4 heteroatoms. The third-order valence-corrected chi connectivity index (χ3v) is 3.60. The smallest absolute Gasteiger partial charge is 0.233 e. The van der Waals surface area contributed by atoms with Crippen molar-refractivity contribution in [2.24, 2.45) is 5.92 Å². The van der Waals surface area contributed by atoms with E-state index in [-0.39, 0.29) is 10.7 Å².